The minimum absolute atomic E-state index is 0.173. The molecule has 2 heteroatoms. The Morgan fingerprint density at radius 1 is 1.06 bits per heavy atom. The van der Waals surface area contributed by atoms with Crippen LogP contribution in [-0.2, 0) is 9.53 Å². The smallest absolute Gasteiger partial charge is 0.333 e. The number of rotatable bonds is 9. The van der Waals surface area contributed by atoms with E-state index in [1.54, 1.807) is 0 Å². The Hall–Kier alpha value is -0.790. The van der Waals surface area contributed by atoms with E-state index in [9.17, 15) is 4.79 Å². The lowest BCUT2D eigenvalue weighted by atomic mass is 10.1. The van der Waals surface area contributed by atoms with Gasteiger partial charge in [0.25, 0.3) is 0 Å². The quantitative estimate of drug-likeness (QED) is 0.334. The van der Waals surface area contributed by atoms with E-state index in [-0.39, 0.29) is 5.97 Å². The molecule has 0 aromatic rings. The third-order valence-corrected chi connectivity index (χ3v) is 2.61. The highest BCUT2D eigenvalue weighted by Crippen LogP contribution is 2.08. The lowest BCUT2D eigenvalue weighted by Crippen LogP contribution is -2.04. The van der Waals surface area contributed by atoms with Crippen LogP contribution in [0.4, 0.5) is 0 Å². The van der Waals surface area contributed by atoms with Crippen molar-refractivity contribution in [1.29, 1.82) is 0 Å². The van der Waals surface area contributed by atoms with Gasteiger partial charge in [0.1, 0.15) is 0 Å². The second kappa shape index (κ2) is 10.7. The molecule has 0 heterocycles. The number of allylic oxidation sites excluding steroid dienone is 1. The molecule has 0 aromatic heterocycles. The molecule has 0 aliphatic carbocycles. The Kier molecular flexibility index (Phi) is 10.2. The van der Waals surface area contributed by atoms with Gasteiger partial charge in [0.15, 0.2) is 0 Å². The first-order chi connectivity index (χ1) is 7.72. The Bertz CT molecular complexity index is 207. The summed E-state index contributed by atoms with van der Waals surface area (Å²) in [6.07, 6.45) is 10.7. The number of esters is 1. The van der Waals surface area contributed by atoms with Crippen LogP contribution in [-0.4, -0.2) is 12.6 Å². The van der Waals surface area contributed by atoms with E-state index in [4.69, 9.17) is 4.74 Å². The summed E-state index contributed by atoms with van der Waals surface area (Å²) in [5, 5.41) is 0. The van der Waals surface area contributed by atoms with E-state index < -0.39 is 0 Å². The molecule has 0 rings (SSSR count). The third-order valence-electron chi connectivity index (χ3n) is 2.61. The summed E-state index contributed by atoms with van der Waals surface area (Å²) in [7, 11) is 0. The highest BCUT2D eigenvalue weighted by molar-refractivity contribution is 5.87. The molecule has 0 saturated carbocycles. The molecule has 0 aliphatic rings. The zero-order chi connectivity index (χ0) is 12.2. The van der Waals surface area contributed by atoms with Crippen molar-refractivity contribution in [3.8, 4) is 0 Å². The first kappa shape index (κ1) is 15.2. The molecule has 0 spiro atoms. The predicted octanol–water partition coefficient (Wildman–Crippen LogP) is 4.25. The summed E-state index contributed by atoms with van der Waals surface area (Å²) >= 11 is 0. The monoisotopic (exact) mass is 226 g/mol. The van der Waals surface area contributed by atoms with Gasteiger partial charge >= 0.3 is 5.97 Å². The minimum atomic E-state index is -0.173. The van der Waals surface area contributed by atoms with Crippen LogP contribution in [0.5, 0.6) is 0 Å². The molecule has 2 nitrogen and oxygen atoms in total. The van der Waals surface area contributed by atoms with Crippen LogP contribution >= 0.6 is 0 Å². The van der Waals surface area contributed by atoms with E-state index in [1.807, 2.05) is 19.9 Å². The number of ether oxygens (including phenoxy) is 1. The molecule has 0 fully saturated rings. The van der Waals surface area contributed by atoms with Gasteiger partial charge in [0.05, 0.1) is 6.61 Å². The van der Waals surface area contributed by atoms with Crippen molar-refractivity contribution in [2.75, 3.05) is 6.61 Å². The second-order valence-corrected chi connectivity index (χ2v) is 4.16. The Morgan fingerprint density at radius 2 is 1.69 bits per heavy atom. The predicted molar refractivity (Wildman–Crippen MR) is 68.4 cm³/mol. The van der Waals surface area contributed by atoms with Crippen LogP contribution in [0.25, 0.3) is 0 Å². The van der Waals surface area contributed by atoms with Crippen molar-refractivity contribution in [3.05, 3.63) is 11.6 Å². The van der Waals surface area contributed by atoms with E-state index in [0.29, 0.717) is 6.61 Å². The van der Waals surface area contributed by atoms with Gasteiger partial charge < -0.3 is 4.74 Å². The maximum atomic E-state index is 11.3. The van der Waals surface area contributed by atoms with Crippen LogP contribution in [0.15, 0.2) is 11.6 Å². The molecule has 0 saturated heterocycles. The summed E-state index contributed by atoms with van der Waals surface area (Å²) in [5.74, 6) is -0.173. The van der Waals surface area contributed by atoms with Crippen molar-refractivity contribution in [2.24, 2.45) is 0 Å². The number of carbonyl (C=O) groups excluding carboxylic acids is 1. The minimum Gasteiger partial charge on any atom is -0.463 e. The summed E-state index contributed by atoms with van der Waals surface area (Å²) in [4.78, 5) is 11.3. The molecule has 0 bridgehead atoms. The molecule has 0 aliphatic heterocycles. The van der Waals surface area contributed by atoms with Crippen LogP contribution in [0.2, 0.25) is 0 Å². The van der Waals surface area contributed by atoms with Gasteiger partial charge in [-0.25, -0.2) is 4.79 Å². The van der Waals surface area contributed by atoms with Crippen molar-refractivity contribution >= 4 is 5.97 Å². The molecule has 0 N–H and O–H groups in total. The average molecular weight is 226 g/mol. The van der Waals surface area contributed by atoms with Gasteiger partial charge in [0.2, 0.25) is 0 Å². The summed E-state index contributed by atoms with van der Waals surface area (Å²) in [5.41, 5.74) is 0.746. The molecule has 0 radical (unpaired) electrons. The Morgan fingerprint density at radius 3 is 2.31 bits per heavy atom. The lowest BCUT2D eigenvalue weighted by molar-refractivity contribution is -0.138. The highest BCUT2D eigenvalue weighted by atomic mass is 16.5. The fourth-order valence-corrected chi connectivity index (χ4v) is 1.57. The fourth-order valence-electron chi connectivity index (χ4n) is 1.57. The zero-order valence-corrected chi connectivity index (χ0v) is 11.1. The summed E-state index contributed by atoms with van der Waals surface area (Å²) in [6, 6.07) is 0. The number of hydrogen-bond donors (Lipinski definition) is 0. The van der Waals surface area contributed by atoms with Crippen molar-refractivity contribution in [1.82, 2.24) is 0 Å². The topological polar surface area (TPSA) is 26.3 Å². The molecule has 0 unspecified atom stereocenters. The highest BCUT2D eigenvalue weighted by Gasteiger charge is 2.02. The van der Waals surface area contributed by atoms with E-state index in [1.165, 1.54) is 38.5 Å². The van der Waals surface area contributed by atoms with Crippen molar-refractivity contribution < 1.29 is 9.53 Å². The number of unbranched alkanes of at least 4 members (excludes halogenated alkanes) is 6. The standard InChI is InChI=1S/C14H26O2/c1-4-6-7-8-9-10-11-12-13(3)14(15)16-5-2/h12H,4-11H2,1-3H3. The van der Waals surface area contributed by atoms with Crippen LogP contribution in [0.3, 0.4) is 0 Å². The van der Waals surface area contributed by atoms with Gasteiger partial charge in [-0.15, -0.1) is 0 Å². The normalized spacial score (nSPS) is 11.6. The number of carbonyl (C=O) groups is 1. The largest absolute Gasteiger partial charge is 0.463 e. The molecule has 16 heavy (non-hydrogen) atoms. The van der Waals surface area contributed by atoms with Crippen molar-refractivity contribution in [3.63, 3.8) is 0 Å². The van der Waals surface area contributed by atoms with Gasteiger partial charge in [-0.2, -0.15) is 0 Å². The van der Waals surface area contributed by atoms with Crippen LogP contribution in [0.1, 0.15) is 65.7 Å². The van der Waals surface area contributed by atoms with E-state index >= 15 is 0 Å². The molecular weight excluding hydrogens is 200 g/mol. The maximum absolute atomic E-state index is 11.3. The zero-order valence-electron chi connectivity index (χ0n) is 11.1. The molecule has 0 amide bonds. The summed E-state index contributed by atoms with van der Waals surface area (Å²) in [6.45, 7) is 6.35. The van der Waals surface area contributed by atoms with E-state index in [2.05, 4.69) is 6.92 Å². The molecule has 0 aromatic carbocycles. The SMILES string of the molecule is CCCCCCCCC=C(C)C(=O)OCC. The van der Waals surface area contributed by atoms with Gasteiger partial charge in [-0.3, -0.25) is 0 Å². The van der Waals surface area contributed by atoms with Gasteiger partial charge in [-0.05, 0) is 26.7 Å². The average Bonchev–Trinajstić information content (AvgIpc) is 2.28. The first-order valence-electron chi connectivity index (χ1n) is 6.56. The maximum Gasteiger partial charge on any atom is 0.333 e. The second-order valence-electron chi connectivity index (χ2n) is 4.16. The van der Waals surface area contributed by atoms with E-state index in [0.717, 1.165) is 12.0 Å². The van der Waals surface area contributed by atoms with Crippen molar-refractivity contribution in [2.45, 2.75) is 65.7 Å². The van der Waals surface area contributed by atoms with Crippen LogP contribution < -0.4 is 0 Å². The summed E-state index contributed by atoms with van der Waals surface area (Å²) < 4.78 is 4.91. The lowest BCUT2D eigenvalue weighted by Gasteiger charge is -2.01. The molecule has 94 valence electrons. The molecule has 0 atom stereocenters. The molecular formula is C14H26O2. The van der Waals surface area contributed by atoms with Gasteiger partial charge in [-0.1, -0.05) is 45.1 Å². The Labute approximate surface area is 100 Å². The van der Waals surface area contributed by atoms with Crippen LogP contribution in [0, 0.1) is 0 Å². The first-order valence-corrected chi connectivity index (χ1v) is 6.56. The fraction of sp³-hybridized carbons (Fsp3) is 0.786. The third kappa shape index (κ3) is 8.51. The number of hydrogen-bond acceptors (Lipinski definition) is 2. The Balaban J connectivity index is 3.47. The van der Waals surface area contributed by atoms with Gasteiger partial charge in [0, 0.05) is 5.57 Å².